The van der Waals surface area contributed by atoms with Gasteiger partial charge in [-0.2, -0.15) is 0 Å². The fourth-order valence-electron chi connectivity index (χ4n) is 3.47. The zero-order valence-electron chi connectivity index (χ0n) is 12.6. The van der Waals surface area contributed by atoms with Crippen LogP contribution in [0.5, 0.6) is 0 Å². The number of hydrogen-bond donors (Lipinski definition) is 1. The minimum atomic E-state index is -0.448. The molecule has 1 aliphatic carbocycles. The lowest BCUT2D eigenvalue weighted by atomic mass is 9.80. The molecule has 1 N–H and O–H groups in total. The number of hydrogen-bond acceptors (Lipinski definition) is 3. The van der Waals surface area contributed by atoms with E-state index < -0.39 is 5.60 Å². The molecule has 2 aliphatic rings. The van der Waals surface area contributed by atoms with Crippen molar-refractivity contribution in [3.05, 3.63) is 29.3 Å². The number of carbonyl (C=O) groups excluding carboxylic acids is 1. The van der Waals surface area contributed by atoms with Crippen molar-refractivity contribution in [1.82, 2.24) is 0 Å². The maximum atomic E-state index is 12.1. The summed E-state index contributed by atoms with van der Waals surface area (Å²) in [6, 6.07) is 6.00. The van der Waals surface area contributed by atoms with Crippen LogP contribution in [0.25, 0.3) is 0 Å². The number of benzene rings is 1. The van der Waals surface area contributed by atoms with E-state index in [1.54, 1.807) is 0 Å². The highest BCUT2D eigenvalue weighted by Crippen LogP contribution is 2.48. The Bertz CT molecular complexity index is 536. The molecule has 3 rings (SSSR count). The van der Waals surface area contributed by atoms with Crippen molar-refractivity contribution in [3.63, 3.8) is 0 Å². The monoisotopic (exact) mass is 273 g/mol. The average Bonchev–Trinajstić information content (AvgIpc) is 2.97. The fraction of sp³-hybridized carbons (Fsp3) is 0.588. The molecule has 0 aromatic heterocycles. The number of rotatable bonds is 1. The van der Waals surface area contributed by atoms with E-state index in [-0.39, 0.29) is 5.97 Å². The Balaban J connectivity index is 1.86. The zero-order valence-corrected chi connectivity index (χ0v) is 12.6. The molecule has 108 valence electrons. The Labute approximate surface area is 120 Å². The molecule has 0 bridgehead atoms. The highest BCUT2D eigenvalue weighted by atomic mass is 16.6. The van der Waals surface area contributed by atoms with Gasteiger partial charge in [0, 0.05) is 17.6 Å². The summed E-state index contributed by atoms with van der Waals surface area (Å²) in [6.45, 7) is 6.69. The molecule has 1 spiro atoms. The molecule has 1 aliphatic heterocycles. The second-order valence-corrected chi connectivity index (χ2v) is 7.10. The first-order valence-electron chi connectivity index (χ1n) is 7.51. The van der Waals surface area contributed by atoms with Crippen molar-refractivity contribution in [1.29, 1.82) is 0 Å². The average molecular weight is 273 g/mol. The van der Waals surface area contributed by atoms with E-state index >= 15 is 0 Å². The number of ether oxygens (including phenoxy) is 1. The van der Waals surface area contributed by atoms with Gasteiger partial charge in [0.15, 0.2) is 0 Å². The third kappa shape index (κ3) is 2.30. The van der Waals surface area contributed by atoms with Gasteiger partial charge >= 0.3 is 5.97 Å². The van der Waals surface area contributed by atoms with Crippen LogP contribution in [-0.2, 0) is 10.2 Å². The lowest BCUT2D eigenvalue weighted by Crippen LogP contribution is -2.24. The second kappa shape index (κ2) is 4.51. The minimum Gasteiger partial charge on any atom is -0.456 e. The Hall–Kier alpha value is -1.51. The Morgan fingerprint density at radius 3 is 2.60 bits per heavy atom. The maximum absolute atomic E-state index is 12.1. The van der Waals surface area contributed by atoms with Gasteiger partial charge in [0.05, 0.1) is 5.56 Å². The molecule has 0 saturated heterocycles. The molecule has 1 aromatic rings. The molecule has 1 fully saturated rings. The van der Waals surface area contributed by atoms with Crippen molar-refractivity contribution < 1.29 is 9.53 Å². The summed E-state index contributed by atoms with van der Waals surface area (Å²) in [6.07, 6.45) is 5.15. The summed E-state index contributed by atoms with van der Waals surface area (Å²) < 4.78 is 5.43. The third-order valence-electron chi connectivity index (χ3n) is 4.40. The van der Waals surface area contributed by atoms with Gasteiger partial charge in [-0.05, 0) is 51.3 Å². The third-order valence-corrected chi connectivity index (χ3v) is 4.40. The van der Waals surface area contributed by atoms with Crippen LogP contribution >= 0.6 is 0 Å². The molecule has 1 saturated carbocycles. The molecule has 1 heterocycles. The van der Waals surface area contributed by atoms with Gasteiger partial charge in [0.2, 0.25) is 0 Å². The highest BCUT2D eigenvalue weighted by molar-refractivity contribution is 5.91. The van der Waals surface area contributed by atoms with Gasteiger partial charge in [-0.25, -0.2) is 4.79 Å². The van der Waals surface area contributed by atoms with Crippen LogP contribution in [0, 0.1) is 0 Å². The summed E-state index contributed by atoms with van der Waals surface area (Å²) in [5, 5.41) is 3.48. The van der Waals surface area contributed by atoms with Gasteiger partial charge in [0.25, 0.3) is 0 Å². The number of esters is 1. The van der Waals surface area contributed by atoms with Crippen molar-refractivity contribution in [2.75, 3.05) is 11.9 Å². The summed E-state index contributed by atoms with van der Waals surface area (Å²) in [5.74, 6) is -0.241. The predicted octanol–water partition coefficient (Wildman–Crippen LogP) is 3.88. The number of nitrogens with one attached hydrogen (secondary N) is 1. The Kier molecular flexibility index (Phi) is 3.03. The first-order chi connectivity index (χ1) is 9.40. The SMILES string of the molecule is CC(C)(C)OC(=O)c1ccc2c(c1)NCC21CCCC1. The van der Waals surface area contributed by atoms with Crippen LogP contribution in [0.3, 0.4) is 0 Å². The largest absolute Gasteiger partial charge is 0.456 e. The summed E-state index contributed by atoms with van der Waals surface area (Å²) in [4.78, 5) is 12.1. The van der Waals surface area contributed by atoms with Crippen LogP contribution < -0.4 is 5.32 Å². The van der Waals surface area contributed by atoms with E-state index in [1.807, 2.05) is 32.9 Å². The minimum absolute atomic E-state index is 0.241. The van der Waals surface area contributed by atoms with Crippen LogP contribution in [0.15, 0.2) is 18.2 Å². The van der Waals surface area contributed by atoms with Crippen molar-refractivity contribution in [2.45, 2.75) is 57.5 Å². The summed E-state index contributed by atoms with van der Waals surface area (Å²) in [7, 11) is 0. The molecule has 0 unspecified atom stereocenters. The van der Waals surface area contributed by atoms with E-state index in [4.69, 9.17) is 4.74 Å². The zero-order chi connectivity index (χ0) is 14.4. The molecule has 20 heavy (non-hydrogen) atoms. The maximum Gasteiger partial charge on any atom is 0.338 e. The van der Waals surface area contributed by atoms with Crippen molar-refractivity contribution in [3.8, 4) is 0 Å². The predicted molar refractivity (Wildman–Crippen MR) is 80.2 cm³/mol. The molecule has 3 nitrogen and oxygen atoms in total. The standard InChI is InChI=1S/C17H23NO2/c1-16(2,3)20-15(19)12-6-7-13-14(10-12)18-11-17(13)8-4-5-9-17/h6-7,10,18H,4-5,8-9,11H2,1-3H3. The fourth-order valence-corrected chi connectivity index (χ4v) is 3.47. The molecule has 0 amide bonds. The van der Waals surface area contributed by atoms with Gasteiger partial charge in [-0.15, -0.1) is 0 Å². The number of fused-ring (bicyclic) bond motifs is 2. The topological polar surface area (TPSA) is 38.3 Å². The lowest BCUT2D eigenvalue weighted by Gasteiger charge is -2.23. The molecule has 3 heteroatoms. The molecule has 0 radical (unpaired) electrons. The van der Waals surface area contributed by atoms with E-state index in [1.165, 1.54) is 31.2 Å². The van der Waals surface area contributed by atoms with E-state index in [0.29, 0.717) is 11.0 Å². The van der Waals surface area contributed by atoms with Gasteiger partial charge in [-0.3, -0.25) is 0 Å². The number of anilines is 1. The lowest BCUT2D eigenvalue weighted by molar-refractivity contribution is 0.00696. The molecular formula is C17H23NO2. The van der Waals surface area contributed by atoms with Crippen LogP contribution in [0.4, 0.5) is 5.69 Å². The van der Waals surface area contributed by atoms with Gasteiger partial charge in [0.1, 0.15) is 5.60 Å². The molecule has 0 atom stereocenters. The van der Waals surface area contributed by atoms with Gasteiger partial charge < -0.3 is 10.1 Å². The number of carbonyl (C=O) groups is 1. The second-order valence-electron chi connectivity index (χ2n) is 7.10. The first kappa shape index (κ1) is 13.5. The highest BCUT2D eigenvalue weighted by Gasteiger charge is 2.41. The van der Waals surface area contributed by atoms with Crippen LogP contribution in [0.1, 0.15) is 62.4 Å². The molecular weight excluding hydrogens is 250 g/mol. The quantitative estimate of drug-likeness (QED) is 0.789. The normalized spacial score (nSPS) is 19.8. The van der Waals surface area contributed by atoms with Crippen LogP contribution in [0.2, 0.25) is 0 Å². The van der Waals surface area contributed by atoms with Crippen LogP contribution in [-0.4, -0.2) is 18.1 Å². The molecule has 1 aromatic carbocycles. The van der Waals surface area contributed by atoms with Crippen molar-refractivity contribution >= 4 is 11.7 Å². The van der Waals surface area contributed by atoms with Gasteiger partial charge in [-0.1, -0.05) is 18.9 Å². The first-order valence-corrected chi connectivity index (χ1v) is 7.51. The Morgan fingerprint density at radius 2 is 1.95 bits per heavy atom. The summed E-state index contributed by atoms with van der Waals surface area (Å²) in [5.41, 5.74) is 3.02. The smallest absolute Gasteiger partial charge is 0.338 e. The summed E-state index contributed by atoms with van der Waals surface area (Å²) >= 11 is 0. The van der Waals surface area contributed by atoms with E-state index in [0.717, 1.165) is 12.2 Å². The Morgan fingerprint density at radius 1 is 1.25 bits per heavy atom. The van der Waals surface area contributed by atoms with E-state index in [2.05, 4.69) is 11.4 Å². The van der Waals surface area contributed by atoms with E-state index in [9.17, 15) is 4.79 Å². The van der Waals surface area contributed by atoms with Crippen molar-refractivity contribution in [2.24, 2.45) is 0 Å².